The van der Waals surface area contributed by atoms with E-state index in [-0.39, 0.29) is 0 Å². The molecule has 0 aliphatic carbocycles. The SMILES string of the molecule is Clc1cccc(Nc2nc(Nc3ccc4[nH]ncc4c3)c3sccc3n2)c1.c1cc(Nc2nc(Nc3ccc4[nH]ncc4c3)c3sccc3n2)c2cccnc2c1.c1cc(Nc2nc(Nc3ccc4[nH]ncc4c3)c3sccc3n2)c2ccncc2c1.c1cnc2ccc(Nc3nc(Nc4ccc5[nH]ncc5c4)c4sccc4n3)cc2c1. The van der Waals surface area contributed by atoms with E-state index in [0.717, 1.165) is 186 Å². The minimum atomic E-state index is 0.509. The Bertz CT molecular complexity index is 7350. The average Bonchev–Trinajstić information content (AvgIpc) is 1.07. The summed E-state index contributed by atoms with van der Waals surface area (Å²) in [6.07, 6.45) is 14.4. The molecule has 0 radical (unpaired) electrons. The van der Waals surface area contributed by atoms with Crippen molar-refractivity contribution >= 4 is 267 Å². The van der Waals surface area contributed by atoms with Crippen LogP contribution in [0.1, 0.15) is 0 Å². The largest absolute Gasteiger partial charge is 0.339 e. The number of hydrogen-bond acceptors (Lipinski definition) is 27. The van der Waals surface area contributed by atoms with Crippen molar-refractivity contribution in [2.75, 3.05) is 42.5 Å². The van der Waals surface area contributed by atoms with Gasteiger partial charge in [-0.3, -0.25) is 35.3 Å². The Labute approximate surface area is 682 Å². The van der Waals surface area contributed by atoms with Crippen LogP contribution < -0.4 is 42.5 Å². The molecule has 0 saturated heterocycles. The molecule has 0 aliphatic heterocycles. The van der Waals surface area contributed by atoms with Gasteiger partial charge < -0.3 is 42.5 Å². The van der Waals surface area contributed by atoms with Crippen LogP contribution in [-0.2, 0) is 0 Å². The highest BCUT2D eigenvalue weighted by molar-refractivity contribution is 7.18. The van der Waals surface area contributed by atoms with Gasteiger partial charge in [-0.25, -0.2) is 19.9 Å². The summed E-state index contributed by atoms with van der Waals surface area (Å²) in [6, 6.07) is 67.6. The molecule has 0 spiro atoms. The molecule has 0 amide bonds. The first-order valence-corrected chi connectivity index (χ1v) is 40.3. The van der Waals surface area contributed by atoms with Gasteiger partial charge in [-0.15, -0.1) is 45.3 Å². The fourth-order valence-electron chi connectivity index (χ4n) is 13.3. The van der Waals surface area contributed by atoms with Gasteiger partial charge in [0.2, 0.25) is 23.8 Å². The lowest BCUT2D eigenvalue weighted by Crippen LogP contribution is -2.01. The lowest BCUT2D eigenvalue weighted by atomic mass is 10.1. The minimum absolute atomic E-state index is 0.509. The third-order valence-corrected chi connectivity index (χ3v) is 22.7. The van der Waals surface area contributed by atoms with E-state index in [1.54, 1.807) is 70.1 Å². The molecular formula is C85H58ClN27S4. The molecule has 564 valence electrons. The molecule has 32 heteroatoms. The van der Waals surface area contributed by atoms with Gasteiger partial charge in [-0.2, -0.15) is 40.3 Å². The van der Waals surface area contributed by atoms with Crippen molar-refractivity contribution in [3.05, 3.63) is 282 Å². The number of benzene rings is 8. The van der Waals surface area contributed by atoms with Gasteiger partial charge in [-0.05, 0) is 197 Å². The molecular weight excluding hydrogens is 1560 g/mol. The van der Waals surface area contributed by atoms with E-state index in [1.807, 2.05) is 253 Å². The van der Waals surface area contributed by atoms with Crippen LogP contribution in [0.25, 0.3) is 117 Å². The van der Waals surface area contributed by atoms with Crippen molar-refractivity contribution in [3.63, 3.8) is 0 Å². The van der Waals surface area contributed by atoms with Gasteiger partial charge >= 0.3 is 0 Å². The number of pyridine rings is 3. The number of nitrogens with zero attached hydrogens (tertiary/aromatic N) is 15. The Balaban J connectivity index is 0.000000100. The van der Waals surface area contributed by atoms with E-state index in [1.165, 1.54) is 0 Å². The summed E-state index contributed by atoms with van der Waals surface area (Å²) in [7, 11) is 0. The van der Waals surface area contributed by atoms with E-state index < -0.39 is 0 Å². The van der Waals surface area contributed by atoms with Crippen LogP contribution in [-0.4, -0.2) is 95.6 Å². The molecule has 12 N–H and O–H groups in total. The van der Waals surface area contributed by atoms with Crippen LogP contribution >= 0.6 is 56.9 Å². The molecule has 0 saturated carbocycles. The van der Waals surface area contributed by atoms with Gasteiger partial charge in [0.25, 0.3) is 0 Å². The predicted molar refractivity (Wildman–Crippen MR) is 477 cm³/mol. The fourth-order valence-corrected chi connectivity index (χ4v) is 16.6. The number of nitrogens with one attached hydrogen (secondary N) is 12. The van der Waals surface area contributed by atoms with Crippen molar-refractivity contribution in [2.24, 2.45) is 0 Å². The van der Waals surface area contributed by atoms with Gasteiger partial charge in [0.1, 0.15) is 0 Å². The number of fused-ring (bicyclic) bond motifs is 11. The number of halogens is 1. The van der Waals surface area contributed by atoms with E-state index in [4.69, 9.17) is 36.5 Å². The molecule has 15 aromatic heterocycles. The summed E-state index contributed by atoms with van der Waals surface area (Å²) in [6.45, 7) is 0. The Morgan fingerprint density at radius 2 is 0.650 bits per heavy atom. The van der Waals surface area contributed by atoms with E-state index in [2.05, 4.69) is 113 Å². The second kappa shape index (κ2) is 31.4. The maximum absolute atomic E-state index is 6.07. The van der Waals surface area contributed by atoms with Crippen LogP contribution in [0, 0.1) is 0 Å². The Morgan fingerprint density at radius 3 is 1.12 bits per heavy atom. The second-order valence-corrected chi connectivity index (χ2v) is 30.6. The smallest absolute Gasteiger partial charge is 0.229 e. The summed E-state index contributed by atoms with van der Waals surface area (Å²) >= 11 is 12.5. The quantitative estimate of drug-likeness (QED) is 0.0427. The number of aromatic amines is 4. The van der Waals surface area contributed by atoms with Crippen LogP contribution in [0.5, 0.6) is 0 Å². The highest BCUT2D eigenvalue weighted by Crippen LogP contribution is 2.38. The van der Waals surface area contributed by atoms with Crippen molar-refractivity contribution < 1.29 is 0 Å². The molecule has 0 unspecified atom stereocenters. The molecule has 23 aromatic rings. The summed E-state index contributed by atoms with van der Waals surface area (Å²) in [5, 5.41) is 72.3. The number of anilines is 16. The van der Waals surface area contributed by atoms with Crippen LogP contribution in [0.3, 0.4) is 0 Å². The van der Waals surface area contributed by atoms with Gasteiger partial charge in [0, 0.05) is 113 Å². The molecule has 8 aromatic carbocycles. The Kier molecular flexibility index (Phi) is 19.0. The first-order chi connectivity index (χ1) is 57.7. The fraction of sp³-hybridized carbons (Fsp3) is 0. The van der Waals surface area contributed by atoms with Crippen molar-refractivity contribution in [1.29, 1.82) is 0 Å². The second-order valence-electron chi connectivity index (χ2n) is 26.5. The minimum Gasteiger partial charge on any atom is -0.339 e. The molecule has 27 nitrogen and oxygen atoms in total. The van der Waals surface area contributed by atoms with E-state index >= 15 is 0 Å². The zero-order valence-corrected chi connectivity index (χ0v) is 64.8. The van der Waals surface area contributed by atoms with Crippen molar-refractivity contribution in [1.82, 2.24) is 95.6 Å². The van der Waals surface area contributed by atoms with E-state index in [0.29, 0.717) is 28.8 Å². The summed E-state index contributed by atoms with van der Waals surface area (Å²) in [5.41, 5.74) is 16.8. The normalized spacial score (nSPS) is 11.3. The van der Waals surface area contributed by atoms with Gasteiger partial charge in [0.05, 0.1) is 104 Å². The maximum atomic E-state index is 6.07. The summed E-state index contributed by atoms with van der Waals surface area (Å²) in [5.74, 6) is 5.17. The van der Waals surface area contributed by atoms with Crippen molar-refractivity contribution in [3.8, 4) is 0 Å². The number of H-pyrrole nitrogens is 4. The van der Waals surface area contributed by atoms with Crippen LogP contribution in [0.15, 0.2) is 277 Å². The third kappa shape index (κ3) is 15.4. The number of hydrogen-bond donors (Lipinski definition) is 12. The monoisotopic (exact) mass is 1620 g/mol. The van der Waals surface area contributed by atoms with Crippen molar-refractivity contribution in [2.45, 2.75) is 0 Å². The van der Waals surface area contributed by atoms with E-state index in [9.17, 15) is 0 Å². The van der Waals surface area contributed by atoms with Crippen LogP contribution in [0.4, 0.5) is 92.6 Å². The van der Waals surface area contributed by atoms with Gasteiger partial charge in [0.15, 0.2) is 23.3 Å². The first-order valence-electron chi connectivity index (χ1n) is 36.4. The average molecular weight is 1620 g/mol. The van der Waals surface area contributed by atoms with Gasteiger partial charge in [-0.1, -0.05) is 41.9 Å². The highest BCUT2D eigenvalue weighted by atomic mass is 35.5. The molecule has 0 bridgehead atoms. The first kappa shape index (κ1) is 70.8. The Morgan fingerprint density at radius 1 is 0.265 bits per heavy atom. The zero-order valence-electron chi connectivity index (χ0n) is 60.8. The number of aromatic nitrogens is 19. The summed E-state index contributed by atoms with van der Waals surface area (Å²) in [4.78, 5) is 50.6. The molecule has 0 fully saturated rings. The predicted octanol–water partition coefficient (Wildman–Crippen LogP) is 22.5. The number of rotatable bonds is 16. The Hall–Kier alpha value is -15.3. The molecule has 23 rings (SSSR count). The lowest BCUT2D eigenvalue weighted by Gasteiger charge is -2.11. The lowest BCUT2D eigenvalue weighted by molar-refractivity contribution is 1.12. The molecule has 117 heavy (non-hydrogen) atoms. The molecule has 15 heterocycles. The van der Waals surface area contributed by atoms with Crippen LogP contribution in [0.2, 0.25) is 5.02 Å². The third-order valence-electron chi connectivity index (χ3n) is 18.8. The molecule has 0 atom stereocenters. The topological polar surface area (TPSA) is 353 Å². The zero-order chi connectivity index (χ0) is 78.0. The number of thiophene rings is 4. The maximum Gasteiger partial charge on any atom is 0.229 e. The standard InChI is InChI=1S/3C22H15N7S.C19H13ClN6S/c1-4-17-15(3-2-9-23-17)18(5-1)26-22-27-19-8-10-30-20(19)21(28-22)25-14-6-7-16-13(11-14)12-24-29-16;1-2-13-10-16(3-5-17(13)23-8-1)26-22-27-19-7-9-30-20(19)21(28-22)25-15-4-6-18-14(11-15)12-24-29-18;1-2-13-11-23-8-6-16(13)18(3-1)26-22-27-19-7-9-30-20(19)21(28-22)25-15-4-5-17-14(10-15)12-24-29-17;20-12-2-1-3-13(9-12)23-19-24-16-6-7-27-17(16)18(25-19)22-14-4-5-15-11(8-14)10-21-26-15/h3*1-12H,(H,24,29)(H2,25,26,27,28);1-10H,(H,21,26)(H2,22,23,24,25). The summed E-state index contributed by atoms with van der Waals surface area (Å²) < 4.78 is 4.02. The highest BCUT2D eigenvalue weighted by Gasteiger charge is 2.18. The molecule has 0 aliphatic rings.